The Morgan fingerprint density at radius 1 is 1.21 bits per heavy atom. The van der Waals surface area contributed by atoms with E-state index in [-0.39, 0.29) is 17.3 Å². The molecular formula is C24H23ClN4O3S. The molecule has 0 saturated carbocycles. The molecule has 0 atom stereocenters. The van der Waals surface area contributed by atoms with Gasteiger partial charge < -0.3 is 9.47 Å². The van der Waals surface area contributed by atoms with Gasteiger partial charge in [0.15, 0.2) is 17.3 Å². The number of aliphatic imine (C=N–C) groups is 1. The Morgan fingerprint density at radius 2 is 1.97 bits per heavy atom. The number of hydrogen-bond donors (Lipinski definition) is 1. The number of hydrazone groups is 1. The van der Waals surface area contributed by atoms with Gasteiger partial charge in [0.1, 0.15) is 11.7 Å². The summed E-state index contributed by atoms with van der Waals surface area (Å²) in [6.07, 6.45) is 1.58. The fraction of sp³-hybridized carbons (Fsp3) is 0.250. The lowest BCUT2D eigenvalue weighted by Crippen LogP contribution is -2.35. The van der Waals surface area contributed by atoms with Gasteiger partial charge in [-0.2, -0.15) is 15.1 Å². The number of ether oxygens (including phenoxy) is 2. The van der Waals surface area contributed by atoms with Crippen LogP contribution < -0.4 is 9.47 Å². The first kappa shape index (κ1) is 23.1. The summed E-state index contributed by atoms with van der Waals surface area (Å²) >= 11 is 7.85. The number of carbonyl (C=O) groups excluding carboxylic acids is 1. The molecule has 7 nitrogen and oxygen atoms in total. The second kappa shape index (κ2) is 9.80. The van der Waals surface area contributed by atoms with E-state index in [4.69, 9.17) is 26.5 Å². The zero-order valence-electron chi connectivity index (χ0n) is 18.5. The van der Waals surface area contributed by atoms with Crippen molar-refractivity contribution in [2.75, 3.05) is 6.61 Å². The Kier molecular flexibility index (Phi) is 6.85. The number of benzene rings is 2. The Labute approximate surface area is 201 Å². The van der Waals surface area contributed by atoms with Crippen molar-refractivity contribution in [1.29, 1.82) is 5.41 Å². The number of amidine groups is 2. The van der Waals surface area contributed by atoms with Crippen LogP contribution in [0.5, 0.6) is 11.5 Å². The lowest BCUT2D eigenvalue weighted by Gasteiger charge is -2.20. The molecule has 0 radical (unpaired) electrons. The van der Waals surface area contributed by atoms with E-state index in [9.17, 15) is 4.79 Å². The minimum Gasteiger partial charge on any atom is -0.490 e. The summed E-state index contributed by atoms with van der Waals surface area (Å²) in [4.78, 5) is 16.8. The molecule has 4 rings (SSSR count). The number of fused-ring (bicyclic) bond motifs is 1. The number of rotatable bonds is 7. The van der Waals surface area contributed by atoms with E-state index in [1.807, 2.05) is 51.1 Å². The summed E-state index contributed by atoms with van der Waals surface area (Å²) in [6, 6.07) is 13.2. The van der Waals surface area contributed by atoms with Crippen LogP contribution in [0.2, 0.25) is 5.02 Å². The number of amides is 1. The Morgan fingerprint density at radius 3 is 2.67 bits per heavy atom. The minimum absolute atomic E-state index is 0.0216. The molecule has 0 aliphatic carbocycles. The number of halogens is 1. The number of thioether (sulfide) groups is 1. The molecule has 9 heteroatoms. The molecule has 0 aromatic heterocycles. The van der Waals surface area contributed by atoms with Gasteiger partial charge in [-0.25, -0.2) is 0 Å². The summed E-state index contributed by atoms with van der Waals surface area (Å²) in [6.45, 7) is 6.63. The molecule has 0 bridgehead atoms. The highest BCUT2D eigenvalue weighted by atomic mass is 35.5. The average molecular weight is 483 g/mol. The van der Waals surface area contributed by atoms with Crippen molar-refractivity contribution in [3.8, 4) is 11.5 Å². The SMILES string of the molecule is CCOc1cc(C=C2C(=N)N3N=C(C(C)C)SC3=NC2=O)cc(Cl)c1OCc1ccccc1. The monoisotopic (exact) mass is 482 g/mol. The van der Waals surface area contributed by atoms with Gasteiger partial charge in [0.25, 0.3) is 5.91 Å². The molecule has 0 unspecified atom stereocenters. The molecule has 0 saturated heterocycles. The second-order valence-electron chi connectivity index (χ2n) is 7.65. The van der Waals surface area contributed by atoms with Crippen LogP contribution in [0.1, 0.15) is 31.9 Å². The van der Waals surface area contributed by atoms with Gasteiger partial charge in [-0.1, -0.05) is 55.8 Å². The van der Waals surface area contributed by atoms with E-state index in [2.05, 4.69) is 10.1 Å². The van der Waals surface area contributed by atoms with Gasteiger partial charge in [0.05, 0.1) is 17.2 Å². The van der Waals surface area contributed by atoms with Crippen molar-refractivity contribution in [2.45, 2.75) is 27.4 Å². The molecule has 170 valence electrons. The van der Waals surface area contributed by atoms with Crippen LogP contribution >= 0.6 is 23.4 Å². The van der Waals surface area contributed by atoms with Crippen molar-refractivity contribution in [3.05, 3.63) is 64.2 Å². The predicted molar refractivity (Wildman–Crippen MR) is 133 cm³/mol. The standard InChI is InChI=1S/C24H23ClN4O3S/c1-4-31-19-12-16(11-18(25)20(19)32-13-15-8-6-5-7-9-15)10-17-21(26)29-24(27-22(17)30)33-23(28-29)14(2)3/h5-12,14,26H,4,13H2,1-3H3. The number of carbonyl (C=O) groups is 1. The fourth-order valence-corrected chi connectivity index (χ4v) is 4.38. The van der Waals surface area contributed by atoms with Crippen molar-refractivity contribution >= 4 is 51.4 Å². The molecule has 2 heterocycles. The molecule has 0 fully saturated rings. The molecule has 2 aromatic rings. The Hall–Kier alpha value is -3.10. The number of hydrogen-bond acceptors (Lipinski definition) is 6. The fourth-order valence-electron chi connectivity index (χ4n) is 3.21. The zero-order valence-corrected chi connectivity index (χ0v) is 20.0. The molecule has 1 amide bonds. The molecule has 2 aromatic carbocycles. The summed E-state index contributed by atoms with van der Waals surface area (Å²) in [5.41, 5.74) is 1.73. The molecule has 0 spiro atoms. The Balaban J connectivity index is 1.64. The number of nitrogens with zero attached hydrogens (tertiary/aromatic N) is 3. The summed E-state index contributed by atoms with van der Waals surface area (Å²) in [7, 11) is 0. The maximum absolute atomic E-state index is 12.7. The third-order valence-electron chi connectivity index (χ3n) is 4.83. The van der Waals surface area contributed by atoms with Crippen LogP contribution in [0.3, 0.4) is 0 Å². The van der Waals surface area contributed by atoms with E-state index in [0.29, 0.717) is 40.5 Å². The highest BCUT2D eigenvalue weighted by Crippen LogP contribution is 2.38. The molecule has 2 aliphatic rings. The first-order valence-corrected chi connectivity index (χ1v) is 11.7. The van der Waals surface area contributed by atoms with E-state index < -0.39 is 5.91 Å². The molecular weight excluding hydrogens is 460 g/mol. The maximum atomic E-state index is 12.7. The predicted octanol–water partition coefficient (Wildman–Crippen LogP) is 5.59. The first-order valence-electron chi connectivity index (χ1n) is 10.5. The van der Waals surface area contributed by atoms with Gasteiger partial charge in [-0.3, -0.25) is 10.2 Å². The topological polar surface area (TPSA) is 87.3 Å². The minimum atomic E-state index is -0.488. The van der Waals surface area contributed by atoms with Crippen LogP contribution in [-0.4, -0.2) is 33.6 Å². The number of nitrogens with one attached hydrogen (secondary N) is 1. The van der Waals surface area contributed by atoms with Crippen molar-refractivity contribution in [1.82, 2.24) is 5.01 Å². The smallest absolute Gasteiger partial charge is 0.283 e. The van der Waals surface area contributed by atoms with Gasteiger partial charge in [-0.15, -0.1) is 0 Å². The van der Waals surface area contributed by atoms with E-state index in [1.165, 1.54) is 16.8 Å². The lowest BCUT2D eigenvalue weighted by atomic mass is 10.1. The van der Waals surface area contributed by atoms with E-state index in [0.717, 1.165) is 10.6 Å². The molecule has 2 aliphatic heterocycles. The maximum Gasteiger partial charge on any atom is 0.283 e. The quantitative estimate of drug-likeness (QED) is 0.519. The van der Waals surface area contributed by atoms with Crippen LogP contribution in [0.15, 0.2) is 58.1 Å². The first-order chi connectivity index (χ1) is 15.9. The lowest BCUT2D eigenvalue weighted by molar-refractivity contribution is -0.114. The van der Waals surface area contributed by atoms with Gasteiger partial charge in [0, 0.05) is 5.92 Å². The van der Waals surface area contributed by atoms with Crippen LogP contribution in [0, 0.1) is 11.3 Å². The van der Waals surface area contributed by atoms with Crippen molar-refractivity contribution in [2.24, 2.45) is 16.0 Å². The van der Waals surface area contributed by atoms with Gasteiger partial charge >= 0.3 is 0 Å². The third-order valence-corrected chi connectivity index (χ3v) is 6.32. The van der Waals surface area contributed by atoms with Crippen molar-refractivity contribution < 1.29 is 14.3 Å². The van der Waals surface area contributed by atoms with Crippen LogP contribution in [0.4, 0.5) is 0 Å². The zero-order chi connectivity index (χ0) is 23.5. The van der Waals surface area contributed by atoms with Gasteiger partial charge in [-0.05, 0) is 48.0 Å². The summed E-state index contributed by atoms with van der Waals surface area (Å²) in [5.74, 6) is 0.555. The highest BCUT2D eigenvalue weighted by molar-refractivity contribution is 8.27. The van der Waals surface area contributed by atoms with E-state index in [1.54, 1.807) is 18.2 Å². The third kappa shape index (κ3) is 4.96. The van der Waals surface area contributed by atoms with Crippen LogP contribution in [0.25, 0.3) is 6.08 Å². The Bertz CT molecular complexity index is 1190. The largest absolute Gasteiger partial charge is 0.490 e. The molecule has 1 N–H and O–H groups in total. The van der Waals surface area contributed by atoms with Crippen molar-refractivity contribution in [3.63, 3.8) is 0 Å². The van der Waals surface area contributed by atoms with Crippen LogP contribution in [-0.2, 0) is 11.4 Å². The molecule has 33 heavy (non-hydrogen) atoms. The average Bonchev–Trinajstić information content (AvgIpc) is 3.21. The van der Waals surface area contributed by atoms with E-state index >= 15 is 0 Å². The normalized spacial score (nSPS) is 16.8. The van der Waals surface area contributed by atoms with Gasteiger partial charge in [0.2, 0.25) is 5.17 Å². The summed E-state index contributed by atoms with van der Waals surface area (Å²) in [5, 5.41) is 15.9. The summed E-state index contributed by atoms with van der Waals surface area (Å²) < 4.78 is 11.7. The highest BCUT2D eigenvalue weighted by Gasteiger charge is 2.36. The second-order valence-corrected chi connectivity index (χ2v) is 9.04.